The molecule has 0 N–H and O–H groups in total. The van der Waals surface area contributed by atoms with Crippen LogP contribution in [-0.2, 0) is 9.47 Å². The van der Waals surface area contributed by atoms with E-state index < -0.39 is 31.9 Å². The molecule has 23 heavy (non-hydrogen) atoms. The quantitative estimate of drug-likeness (QED) is 0.482. The second-order valence-electron chi connectivity index (χ2n) is 5.12. The van der Waals surface area contributed by atoms with Crippen LogP contribution < -0.4 is 0 Å². The summed E-state index contributed by atoms with van der Waals surface area (Å²) >= 11 is 5.95. The van der Waals surface area contributed by atoms with Crippen LogP contribution >= 0.6 is 11.6 Å². The summed E-state index contributed by atoms with van der Waals surface area (Å²) in [5.74, 6) is 0.0900. The van der Waals surface area contributed by atoms with Crippen molar-refractivity contribution in [2.75, 3.05) is 13.2 Å². The van der Waals surface area contributed by atoms with Crippen LogP contribution in [0.2, 0.25) is 5.02 Å². The molecule has 0 bridgehead atoms. The normalized spacial score (nSPS) is 13.2. The molecule has 0 heterocycles. The summed E-state index contributed by atoms with van der Waals surface area (Å²) in [6.45, 7) is 0.224. The lowest BCUT2D eigenvalue weighted by Gasteiger charge is -2.22. The Bertz CT molecular complexity index is 495. The van der Waals surface area contributed by atoms with Gasteiger partial charge in [0.2, 0.25) is 0 Å². The summed E-state index contributed by atoms with van der Waals surface area (Å²) in [5, 5.41) is -0.0226. The van der Waals surface area contributed by atoms with Crippen molar-refractivity contribution in [3.05, 3.63) is 34.3 Å². The fourth-order valence-corrected chi connectivity index (χ4v) is 1.94. The highest BCUT2D eigenvalue weighted by Gasteiger charge is 2.34. The van der Waals surface area contributed by atoms with E-state index in [-0.39, 0.29) is 16.5 Å². The van der Waals surface area contributed by atoms with Gasteiger partial charge in [-0.1, -0.05) is 37.6 Å². The average Bonchev–Trinajstić information content (AvgIpc) is 2.37. The third-order valence-electron chi connectivity index (χ3n) is 2.74. The summed E-state index contributed by atoms with van der Waals surface area (Å²) < 4.78 is 82.3. The highest BCUT2D eigenvalue weighted by Crippen LogP contribution is 2.32. The molecule has 1 rings (SSSR count). The number of hydrogen-bond acceptors (Lipinski definition) is 2. The Hall–Kier alpha value is -0.990. The maximum Gasteiger partial charge on any atom is 0.411 e. The van der Waals surface area contributed by atoms with Crippen LogP contribution in [0.25, 0.3) is 0 Å². The molecule has 0 aromatic heterocycles. The van der Waals surface area contributed by atoms with Crippen molar-refractivity contribution < 1.29 is 35.8 Å². The second-order valence-corrected chi connectivity index (χ2v) is 5.53. The Morgan fingerprint density at radius 1 is 0.957 bits per heavy atom. The molecule has 132 valence electrons. The fourth-order valence-electron chi connectivity index (χ4n) is 1.66. The van der Waals surface area contributed by atoms with Gasteiger partial charge >= 0.3 is 12.4 Å². The van der Waals surface area contributed by atoms with Crippen molar-refractivity contribution >= 4 is 11.6 Å². The molecule has 0 saturated carbocycles. The molecule has 0 aliphatic rings. The van der Waals surface area contributed by atoms with E-state index >= 15 is 0 Å². The van der Waals surface area contributed by atoms with E-state index in [4.69, 9.17) is 11.6 Å². The summed E-state index contributed by atoms with van der Waals surface area (Å²) in [6.07, 6.45) is -11.3. The first kappa shape index (κ1) is 20.1. The summed E-state index contributed by atoms with van der Waals surface area (Å²) in [7, 11) is 0. The van der Waals surface area contributed by atoms with Gasteiger partial charge in [0.1, 0.15) is 13.2 Å². The van der Waals surface area contributed by atoms with Gasteiger partial charge in [-0.2, -0.15) is 26.3 Å². The van der Waals surface area contributed by atoms with Crippen molar-refractivity contribution in [3.8, 4) is 0 Å². The fraction of sp³-hybridized carbons (Fsp3) is 0.571. The van der Waals surface area contributed by atoms with Crippen molar-refractivity contribution in [2.45, 2.75) is 38.4 Å². The molecule has 0 unspecified atom stereocenters. The molecule has 1 aromatic rings. The van der Waals surface area contributed by atoms with Crippen molar-refractivity contribution in [1.82, 2.24) is 0 Å². The van der Waals surface area contributed by atoms with Gasteiger partial charge in [0.15, 0.2) is 6.29 Å². The molecule has 0 radical (unpaired) electrons. The summed E-state index contributed by atoms with van der Waals surface area (Å²) in [6, 6.07) is 4.31. The topological polar surface area (TPSA) is 18.5 Å². The van der Waals surface area contributed by atoms with Gasteiger partial charge in [0.25, 0.3) is 0 Å². The first-order valence-corrected chi connectivity index (χ1v) is 6.93. The van der Waals surface area contributed by atoms with E-state index in [2.05, 4.69) is 9.47 Å². The summed E-state index contributed by atoms with van der Waals surface area (Å²) in [4.78, 5) is 0. The zero-order chi connectivity index (χ0) is 17.8. The Balaban J connectivity index is 2.98. The van der Waals surface area contributed by atoms with Crippen LogP contribution in [0, 0.1) is 0 Å². The monoisotopic (exact) mass is 364 g/mol. The van der Waals surface area contributed by atoms with Crippen LogP contribution in [0.4, 0.5) is 26.3 Å². The molecule has 0 fully saturated rings. The lowest BCUT2D eigenvalue weighted by molar-refractivity contribution is -0.262. The van der Waals surface area contributed by atoms with Gasteiger partial charge in [-0.05, 0) is 17.5 Å². The molecule has 0 atom stereocenters. The minimum absolute atomic E-state index is 0.0226. The molecule has 9 heteroatoms. The second kappa shape index (κ2) is 7.72. The molecule has 1 aromatic carbocycles. The number of halogens is 7. The Kier molecular flexibility index (Phi) is 6.73. The zero-order valence-corrected chi connectivity index (χ0v) is 13.0. The van der Waals surface area contributed by atoms with Crippen LogP contribution in [0.3, 0.4) is 0 Å². The highest BCUT2D eigenvalue weighted by molar-refractivity contribution is 6.31. The zero-order valence-electron chi connectivity index (χ0n) is 12.3. The minimum Gasteiger partial charge on any atom is -0.339 e. The smallest absolute Gasteiger partial charge is 0.339 e. The predicted octanol–water partition coefficient (Wildman–Crippen LogP) is 5.62. The number of rotatable bonds is 6. The predicted molar refractivity (Wildman–Crippen MR) is 72.3 cm³/mol. The van der Waals surface area contributed by atoms with Gasteiger partial charge < -0.3 is 9.47 Å². The van der Waals surface area contributed by atoms with Gasteiger partial charge in [-0.25, -0.2) is 0 Å². The van der Waals surface area contributed by atoms with E-state index in [1.165, 1.54) is 12.1 Å². The van der Waals surface area contributed by atoms with Crippen molar-refractivity contribution in [3.63, 3.8) is 0 Å². The van der Waals surface area contributed by atoms with E-state index in [1.54, 1.807) is 6.07 Å². The first-order chi connectivity index (χ1) is 10.4. The van der Waals surface area contributed by atoms with Gasteiger partial charge in [0.05, 0.1) is 0 Å². The standard InChI is InChI=1S/C14H15ClF6O2/c1-8(2)9-3-4-10(11(15)5-9)12(22-6-13(16,17)18)23-7-14(19,20)21/h3-5,8,12H,6-7H2,1-2H3. The van der Waals surface area contributed by atoms with Crippen LogP contribution in [0.15, 0.2) is 18.2 Å². The number of hydrogen-bond donors (Lipinski definition) is 0. The molecule has 2 nitrogen and oxygen atoms in total. The lowest BCUT2D eigenvalue weighted by Crippen LogP contribution is -2.25. The molecule has 0 spiro atoms. The molecule has 0 aliphatic carbocycles. The van der Waals surface area contributed by atoms with Gasteiger partial charge in [-0.3, -0.25) is 0 Å². The Labute approximate surface area is 134 Å². The molecule has 0 amide bonds. The number of alkyl halides is 6. The Morgan fingerprint density at radius 2 is 1.43 bits per heavy atom. The van der Waals surface area contributed by atoms with Gasteiger partial charge in [-0.15, -0.1) is 0 Å². The molecular formula is C14H15ClF6O2. The average molecular weight is 365 g/mol. The van der Waals surface area contributed by atoms with Gasteiger partial charge in [0, 0.05) is 10.6 Å². The molecular weight excluding hydrogens is 350 g/mol. The molecule has 0 aliphatic heterocycles. The van der Waals surface area contributed by atoms with Crippen LogP contribution in [0.1, 0.15) is 37.2 Å². The summed E-state index contributed by atoms with van der Waals surface area (Å²) in [5.41, 5.74) is 0.689. The largest absolute Gasteiger partial charge is 0.411 e. The molecule has 0 saturated heterocycles. The van der Waals surface area contributed by atoms with Crippen LogP contribution in [0.5, 0.6) is 0 Å². The third-order valence-corrected chi connectivity index (χ3v) is 3.07. The third kappa shape index (κ3) is 7.41. The first-order valence-electron chi connectivity index (χ1n) is 6.55. The van der Waals surface area contributed by atoms with E-state index in [0.717, 1.165) is 5.56 Å². The maximum absolute atomic E-state index is 12.2. The van der Waals surface area contributed by atoms with Crippen LogP contribution in [-0.4, -0.2) is 25.6 Å². The van der Waals surface area contributed by atoms with Crippen molar-refractivity contribution in [1.29, 1.82) is 0 Å². The van der Waals surface area contributed by atoms with E-state index in [1.807, 2.05) is 13.8 Å². The van der Waals surface area contributed by atoms with E-state index in [9.17, 15) is 26.3 Å². The highest BCUT2D eigenvalue weighted by atomic mass is 35.5. The minimum atomic E-state index is -4.70. The number of ether oxygens (including phenoxy) is 2. The SMILES string of the molecule is CC(C)c1ccc(C(OCC(F)(F)F)OCC(F)(F)F)c(Cl)c1. The van der Waals surface area contributed by atoms with E-state index in [0.29, 0.717) is 0 Å². The lowest BCUT2D eigenvalue weighted by atomic mass is 10.0. The Morgan fingerprint density at radius 3 is 1.78 bits per heavy atom. The van der Waals surface area contributed by atoms with Crippen molar-refractivity contribution in [2.24, 2.45) is 0 Å². The number of benzene rings is 1. The maximum atomic E-state index is 12.2.